The van der Waals surface area contributed by atoms with E-state index in [-0.39, 0.29) is 0 Å². The summed E-state index contributed by atoms with van der Waals surface area (Å²) in [7, 11) is 0. The van der Waals surface area contributed by atoms with Crippen LogP contribution in [-0.4, -0.2) is 0 Å². The molecule has 0 aliphatic heterocycles. The first-order valence-corrected chi connectivity index (χ1v) is 7.58. The van der Waals surface area contributed by atoms with Crippen LogP contribution in [0.5, 0.6) is 0 Å². The molecule has 1 atom stereocenters. The highest BCUT2D eigenvalue weighted by Gasteiger charge is 2.27. The SMILES string of the molecule is C=CCC1c2ccccc2-c2ccc(C3=CC=CC3)cc21. The van der Waals surface area contributed by atoms with Crippen LogP contribution < -0.4 is 0 Å². The van der Waals surface area contributed by atoms with Gasteiger partial charge in [-0.25, -0.2) is 0 Å². The maximum Gasteiger partial charge on any atom is 0.0136 e. The van der Waals surface area contributed by atoms with E-state index in [4.69, 9.17) is 0 Å². The lowest BCUT2D eigenvalue weighted by atomic mass is 9.91. The molecule has 0 nitrogen and oxygen atoms in total. The van der Waals surface area contributed by atoms with Gasteiger partial charge < -0.3 is 0 Å². The van der Waals surface area contributed by atoms with Gasteiger partial charge in [0.05, 0.1) is 0 Å². The van der Waals surface area contributed by atoms with Crippen molar-refractivity contribution in [2.45, 2.75) is 18.8 Å². The molecule has 0 spiro atoms. The second-order valence-electron chi connectivity index (χ2n) is 5.79. The fraction of sp³-hybridized carbons (Fsp3) is 0.143. The highest BCUT2D eigenvalue weighted by molar-refractivity contribution is 5.82. The molecule has 2 aromatic rings. The van der Waals surface area contributed by atoms with Gasteiger partial charge >= 0.3 is 0 Å². The molecule has 2 aromatic carbocycles. The number of fused-ring (bicyclic) bond motifs is 3. The molecule has 2 aliphatic rings. The average molecular weight is 270 g/mol. The predicted octanol–water partition coefficient (Wildman–Crippen LogP) is 5.72. The first kappa shape index (κ1) is 12.4. The van der Waals surface area contributed by atoms with Gasteiger partial charge in [0.2, 0.25) is 0 Å². The minimum absolute atomic E-state index is 0.462. The van der Waals surface area contributed by atoms with Crippen LogP contribution in [0.4, 0.5) is 0 Å². The summed E-state index contributed by atoms with van der Waals surface area (Å²) < 4.78 is 0. The van der Waals surface area contributed by atoms with Crippen LogP contribution in [0.1, 0.15) is 35.4 Å². The molecule has 0 radical (unpaired) electrons. The van der Waals surface area contributed by atoms with Crippen LogP contribution in [0.2, 0.25) is 0 Å². The fourth-order valence-electron chi connectivity index (χ4n) is 3.59. The van der Waals surface area contributed by atoms with Crippen LogP contribution in [0, 0.1) is 0 Å². The summed E-state index contributed by atoms with van der Waals surface area (Å²) in [6, 6.07) is 15.7. The Bertz CT molecular complexity index is 774. The van der Waals surface area contributed by atoms with Crippen molar-refractivity contribution in [3.8, 4) is 11.1 Å². The van der Waals surface area contributed by atoms with E-state index in [1.54, 1.807) is 0 Å². The summed E-state index contributed by atoms with van der Waals surface area (Å²) in [6.45, 7) is 3.95. The normalized spacial score (nSPS) is 18.3. The quantitative estimate of drug-likeness (QED) is 0.626. The van der Waals surface area contributed by atoms with E-state index >= 15 is 0 Å². The monoisotopic (exact) mass is 270 g/mol. The Hall–Kier alpha value is -2.34. The van der Waals surface area contributed by atoms with Crippen molar-refractivity contribution in [1.29, 1.82) is 0 Å². The Morgan fingerprint density at radius 2 is 1.90 bits per heavy atom. The third kappa shape index (κ3) is 1.91. The minimum atomic E-state index is 0.462. The lowest BCUT2D eigenvalue weighted by Gasteiger charge is -2.12. The van der Waals surface area contributed by atoms with Gasteiger partial charge in [0.1, 0.15) is 0 Å². The van der Waals surface area contributed by atoms with E-state index in [2.05, 4.69) is 67.3 Å². The second-order valence-corrected chi connectivity index (χ2v) is 5.79. The topological polar surface area (TPSA) is 0 Å². The molecule has 0 amide bonds. The zero-order valence-electron chi connectivity index (χ0n) is 12.0. The van der Waals surface area contributed by atoms with Crippen LogP contribution in [-0.2, 0) is 0 Å². The van der Waals surface area contributed by atoms with E-state index in [1.807, 2.05) is 6.08 Å². The third-order valence-corrected chi connectivity index (χ3v) is 4.60. The van der Waals surface area contributed by atoms with E-state index in [0.29, 0.717) is 5.92 Å². The molecule has 102 valence electrons. The van der Waals surface area contributed by atoms with Crippen LogP contribution in [0.3, 0.4) is 0 Å². The number of allylic oxidation sites excluding steroid dienone is 5. The molecule has 0 saturated carbocycles. The number of hydrogen-bond donors (Lipinski definition) is 0. The molecule has 0 N–H and O–H groups in total. The molecular weight excluding hydrogens is 252 g/mol. The van der Waals surface area contributed by atoms with E-state index in [0.717, 1.165) is 12.8 Å². The molecule has 21 heavy (non-hydrogen) atoms. The number of rotatable bonds is 3. The van der Waals surface area contributed by atoms with Crippen molar-refractivity contribution in [2.24, 2.45) is 0 Å². The predicted molar refractivity (Wildman–Crippen MR) is 90.3 cm³/mol. The molecule has 1 unspecified atom stereocenters. The molecular formula is C21H18. The average Bonchev–Trinajstić information content (AvgIpc) is 3.15. The van der Waals surface area contributed by atoms with Gasteiger partial charge in [0.15, 0.2) is 0 Å². The maximum absolute atomic E-state index is 3.95. The molecule has 2 aliphatic carbocycles. The summed E-state index contributed by atoms with van der Waals surface area (Å²) in [6.07, 6.45) is 10.7. The maximum atomic E-state index is 3.95. The Kier molecular flexibility index (Phi) is 2.89. The first-order valence-electron chi connectivity index (χ1n) is 7.58. The summed E-state index contributed by atoms with van der Waals surface area (Å²) in [4.78, 5) is 0. The van der Waals surface area contributed by atoms with E-state index in [1.165, 1.54) is 33.4 Å². The van der Waals surface area contributed by atoms with Crippen molar-refractivity contribution in [3.63, 3.8) is 0 Å². The van der Waals surface area contributed by atoms with E-state index in [9.17, 15) is 0 Å². The Morgan fingerprint density at radius 3 is 2.71 bits per heavy atom. The van der Waals surface area contributed by atoms with Crippen LogP contribution in [0.15, 0.2) is 73.3 Å². The smallest absolute Gasteiger partial charge is 0.0136 e. The van der Waals surface area contributed by atoms with Gasteiger partial charge in [-0.15, -0.1) is 6.58 Å². The number of hydrogen-bond acceptors (Lipinski definition) is 0. The molecule has 0 heteroatoms. The lowest BCUT2D eigenvalue weighted by molar-refractivity contribution is 0.855. The second kappa shape index (κ2) is 4.89. The number of benzene rings is 2. The zero-order chi connectivity index (χ0) is 14.2. The highest BCUT2D eigenvalue weighted by atomic mass is 14.3. The standard InChI is InChI=1S/C21H18/c1-2-7-17-18-10-5-6-11-19(18)20-13-12-16(14-21(17)20)15-8-3-4-9-15/h2-6,8,10-14,17H,1,7,9H2. The summed E-state index contributed by atoms with van der Waals surface area (Å²) in [5.41, 5.74) is 8.48. The zero-order valence-corrected chi connectivity index (χ0v) is 12.0. The fourth-order valence-corrected chi connectivity index (χ4v) is 3.59. The van der Waals surface area contributed by atoms with Crippen molar-refractivity contribution < 1.29 is 0 Å². The Morgan fingerprint density at radius 1 is 1.05 bits per heavy atom. The molecule has 0 fully saturated rings. The lowest BCUT2D eigenvalue weighted by Crippen LogP contribution is -1.95. The van der Waals surface area contributed by atoms with Gasteiger partial charge in [-0.05, 0) is 46.2 Å². The van der Waals surface area contributed by atoms with Gasteiger partial charge in [-0.3, -0.25) is 0 Å². The Labute approximate surface area is 126 Å². The van der Waals surface area contributed by atoms with Crippen LogP contribution >= 0.6 is 0 Å². The van der Waals surface area contributed by atoms with Crippen molar-refractivity contribution in [2.75, 3.05) is 0 Å². The Balaban J connectivity index is 1.86. The van der Waals surface area contributed by atoms with Crippen LogP contribution in [0.25, 0.3) is 16.7 Å². The minimum Gasteiger partial charge on any atom is -0.103 e. The van der Waals surface area contributed by atoms with Gasteiger partial charge in [-0.2, -0.15) is 0 Å². The van der Waals surface area contributed by atoms with Gasteiger partial charge in [-0.1, -0.05) is 66.8 Å². The third-order valence-electron chi connectivity index (χ3n) is 4.60. The summed E-state index contributed by atoms with van der Waals surface area (Å²) >= 11 is 0. The molecule has 0 bridgehead atoms. The molecule has 0 heterocycles. The van der Waals surface area contributed by atoms with Crippen molar-refractivity contribution >= 4 is 5.57 Å². The molecule has 4 rings (SSSR count). The van der Waals surface area contributed by atoms with Gasteiger partial charge in [0.25, 0.3) is 0 Å². The van der Waals surface area contributed by atoms with Crippen molar-refractivity contribution in [1.82, 2.24) is 0 Å². The molecule has 0 aromatic heterocycles. The summed E-state index contributed by atoms with van der Waals surface area (Å²) in [5, 5.41) is 0. The largest absolute Gasteiger partial charge is 0.103 e. The van der Waals surface area contributed by atoms with Crippen molar-refractivity contribution in [3.05, 3.63) is 90.0 Å². The summed E-state index contributed by atoms with van der Waals surface area (Å²) in [5.74, 6) is 0.462. The van der Waals surface area contributed by atoms with E-state index < -0.39 is 0 Å². The van der Waals surface area contributed by atoms with Gasteiger partial charge in [0, 0.05) is 5.92 Å². The molecule has 0 saturated heterocycles. The highest BCUT2D eigenvalue weighted by Crippen LogP contribution is 2.47. The first-order chi connectivity index (χ1) is 10.4.